The molecule has 0 aromatic heterocycles. The Hall–Kier alpha value is -1.40. The maximum Gasteiger partial charge on any atom is 0.186 e. The largest absolute Gasteiger partial charge is 0.508 e. The van der Waals surface area contributed by atoms with Gasteiger partial charge in [-0.1, -0.05) is 44.4 Å². The van der Waals surface area contributed by atoms with Crippen molar-refractivity contribution in [2.75, 3.05) is 5.75 Å². The summed E-state index contributed by atoms with van der Waals surface area (Å²) < 4.78 is 0. The highest BCUT2D eigenvalue weighted by Gasteiger charge is 2.17. The van der Waals surface area contributed by atoms with Crippen LogP contribution in [0.2, 0.25) is 0 Å². The third-order valence-electron chi connectivity index (χ3n) is 2.38. The van der Waals surface area contributed by atoms with Crippen LogP contribution in [0.3, 0.4) is 0 Å². The Kier molecular flexibility index (Phi) is 4.86. The van der Waals surface area contributed by atoms with Crippen molar-refractivity contribution in [2.24, 2.45) is 0 Å². The summed E-state index contributed by atoms with van der Waals surface area (Å²) in [7, 11) is 0. The fourth-order valence-electron chi connectivity index (χ4n) is 1.49. The van der Waals surface area contributed by atoms with E-state index in [-0.39, 0.29) is 10.5 Å². The Balaban J connectivity index is 2.89. The third kappa shape index (κ3) is 4.46. The molecule has 1 N–H and O–H groups in total. The van der Waals surface area contributed by atoms with E-state index in [1.165, 1.54) is 18.7 Å². The maximum atomic E-state index is 10.7. The van der Waals surface area contributed by atoms with Crippen molar-refractivity contribution < 1.29 is 9.90 Å². The monoisotopic (exact) mass is 262 g/mol. The van der Waals surface area contributed by atoms with Crippen LogP contribution in [0.5, 0.6) is 5.75 Å². The van der Waals surface area contributed by atoms with Crippen LogP contribution in [-0.4, -0.2) is 16.0 Å². The lowest BCUT2D eigenvalue weighted by Crippen LogP contribution is -2.11. The Morgan fingerprint density at radius 1 is 1.39 bits per heavy atom. The average Bonchev–Trinajstić information content (AvgIpc) is 2.24. The molecule has 0 bridgehead atoms. The Labute approximate surface area is 113 Å². The van der Waals surface area contributed by atoms with Gasteiger partial charge in [-0.05, 0) is 23.6 Å². The van der Waals surface area contributed by atoms with E-state index in [9.17, 15) is 9.90 Å². The second-order valence-electron chi connectivity index (χ2n) is 5.06. The van der Waals surface area contributed by atoms with Crippen molar-refractivity contribution in [1.29, 1.82) is 0 Å². The zero-order valence-corrected chi connectivity index (χ0v) is 12.0. The van der Waals surface area contributed by atoms with Gasteiger partial charge in [-0.2, -0.15) is 0 Å². The van der Waals surface area contributed by atoms with E-state index >= 15 is 0 Å². The fraction of sp³-hybridized carbons (Fsp3) is 0.400. The molecule has 0 amide bonds. The highest BCUT2D eigenvalue weighted by atomic mass is 32.2. The first kappa shape index (κ1) is 14.7. The zero-order valence-electron chi connectivity index (χ0n) is 11.2. The van der Waals surface area contributed by atoms with Gasteiger partial charge in [0.05, 0.1) is 5.75 Å². The maximum absolute atomic E-state index is 10.7. The standard InChI is InChI=1S/C15H18O2S/c1-11(16)18-9-5-6-12-7-8-14(17)13(10-12)15(2,3)4/h7-8,10,17H,9H2,1-4H3. The summed E-state index contributed by atoms with van der Waals surface area (Å²) in [5, 5.41) is 9.89. The van der Waals surface area contributed by atoms with Gasteiger partial charge in [-0.3, -0.25) is 4.79 Å². The van der Waals surface area contributed by atoms with Crippen LogP contribution in [0.1, 0.15) is 38.8 Å². The number of carbonyl (C=O) groups excluding carboxylic acids is 1. The van der Waals surface area contributed by atoms with Crippen LogP contribution < -0.4 is 0 Å². The quantitative estimate of drug-likeness (QED) is 0.789. The number of aromatic hydroxyl groups is 1. The lowest BCUT2D eigenvalue weighted by Gasteiger charge is -2.20. The minimum absolute atomic E-state index is 0.0744. The fourth-order valence-corrected chi connectivity index (χ4v) is 1.84. The van der Waals surface area contributed by atoms with Crippen LogP contribution in [-0.2, 0) is 10.2 Å². The van der Waals surface area contributed by atoms with Gasteiger partial charge in [0.25, 0.3) is 0 Å². The van der Waals surface area contributed by atoms with Gasteiger partial charge in [0.2, 0.25) is 0 Å². The van der Waals surface area contributed by atoms with Crippen LogP contribution >= 0.6 is 11.8 Å². The van der Waals surface area contributed by atoms with Crippen LogP contribution in [0.4, 0.5) is 0 Å². The molecule has 0 radical (unpaired) electrons. The molecule has 1 rings (SSSR count). The highest BCUT2D eigenvalue weighted by molar-refractivity contribution is 8.13. The lowest BCUT2D eigenvalue weighted by molar-refractivity contribution is -0.109. The van der Waals surface area contributed by atoms with Crippen molar-refractivity contribution in [1.82, 2.24) is 0 Å². The van der Waals surface area contributed by atoms with Crippen LogP contribution in [0.25, 0.3) is 0 Å². The number of phenolic OH excluding ortho intramolecular Hbond substituents is 1. The number of carbonyl (C=O) groups is 1. The lowest BCUT2D eigenvalue weighted by atomic mass is 9.85. The van der Waals surface area contributed by atoms with E-state index in [4.69, 9.17) is 0 Å². The van der Waals surface area contributed by atoms with Gasteiger partial charge < -0.3 is 5.11 Å². The molecule has 0 unspecified atom stereocenters. The van der Waals surface area contributed by atoms with E-state index < -0.39 is 0 Å². The van der Waals surface area contributed by atoms with Gasteiger partial charge >= 0.3 is 0 Å². The number of thioether (sulfide) groups is 1. The average molecular weight is 262 g/mol. The molecule has 0 aliphatic carbocycles. The molecule has 2 nitrogen and oxygen atoms in total. The van der Waals surface area contributed by atoms with Gasteiger partial charge in [0.15, 0.2) is 5.12 Å². The number of rotatable bonds is 1. The molecule has 0 saturated heterocycles. The van der Waals surface area contributed by atoms with Crippen molar-refractivity contribution >= 4 is 16.9 Å². The smallest absolute Gasteiger partial charge is 0.186 e. The number of hydrogen-bond donors (Lipinski definition) is 1. The van der Waals surface area contributed by atoms with Crippen molar-refractivity contribution in [2.45, 2.75) is 33.1 Å². The predicted octanol–water partition coefficient (Wildman–Crippen LogP) is 3.32. The van der Waals surface area contributed by atoms with E-state index in [0.29, 0.717) is 11.5 Å². The first-order valence-electron chi connectivity index (χ1n) is 5.76. The highest BCUT2D eigenvalue weighted by Crippen LogP contribution is 2.30. The summed E-state index contributed by atoms with van der Waals surface area (Å²) in [6.07, 6.45) is 0. The molecule has 0 heterocycles. The normalized spacial score (nSPS) is 10.7. The van der Waals surface area contributed by atoms with Crippen molar-refractivity contribution in [3.05, 3.63) is 29.3 Å². The molecule has 0 fully saturated rings. The van der Waals surface area contributed by atoms with Crippen molar-refractivity contribution in [3.63, 3.8) is 0 Å². The molecule has 3 heteroatoms. The number of benzene rings is 1. The molecule has 0 saturated carbocycles. The molecule has 0 aliphatic heterocycles. The number of phenols is 1. The van der Waals surface area contributed by atoms with E-state index in [1.807, 2.05) is 26.8 Å². The summed E-state index contributed by atoms with van der Waals surface area (Å²) in [6, 6.07) is 5.36. The zero-order chi connectivity index (χ0) is 13.8. The second kappa shape index (κ2) is 5.97. The molecular formula is C15H18O2S. The SMILES string of the molecule is CC(=O)SCC#Cc1ccc(O)c(C(C)(C)C)c1. The van der Waals surface area contributed by atoms with Gasteiger partial charge in [-0.15, -0.1) is 0 Å². The Morgan fingerprint density at radius 2 is 2.06 bits per heavy atom. The predicted molar refractivity (Wildman–Crippen MR) is 76.8 cm³/mol. The summed E-state index contributed by atoms with van der Waals surface area (Å²) in [5.74, 6) is 6.75. The Morgan fingerprint density at radius 3 is 2.61 bits per heavy atom. The van der Waals surface area contributed by atoms with Crippen LogP contribution in [0, 0.1) is 11.8 Å². The van der Waals surface area contributed by atoms with Gasteiger partial charge in [0.1, 0.15) is 5.75 Å². The first-order chi connectivity index (χ1) is 8.30. The topological polar surface area (TPSA) is 37.3 Å². The molecule has 0 aliphatic rings. The number of hydrogen-bond acceptors (Lipinski definition) is 3. The third-order valence-corrected chi connectivity index (χ3v) is 3.08. The summed E-state index contributed by atoms with van der Waals surface area (Å²) in [4.78, 5) is 10.7. The molecule has 18 heavy (non-hydrogen) atoms. The van der Waals surface area contributed by atoms with Gasteiger partial charge in [-0.25, -0.2) is 0 Å². The van der Waals surface area contributed by atoms with E-state index in [0.717, 1.165) is 11.1 Å². The minimum Gasteiger partial charge on any atom is -0.508 e. The Bertz CT molecular complexity index is 501. The summed E-state index contributed by atoms with van der Waals surface area (Å²) in [5.41, 5.74) is 1.63. The summed E-state index contributed by atoms with van der Waals surface area (Å²) >= 11 is 1.20. The molecular weight excluding hydrogens is 244 g/mol. The first-order valence-corrected chi connectivity index (χ1v) is 6.75. The molecule has 96 valence electrons. The van der Waals surface area contributed by atoms with Gasteiger partial charge in [0, 0.05) is 18.1 Å². The van der Waals surface area contributed by atoms with Crippen LogP contribution in [0.15, 0.2) is 18.2 Å². The molecule has 0 spiro atoms. The van der Waals surface area contributed by atoms with E-state index in [2.05, 4.69) is 11.8 Å². The molecule has 1 aromatic carbocycles. The van der Waals surface area contributed by atoms with Crippen molar-refractivity contribution in [3.8, 4) is 17.6 Å². The van der Waals surface area contributed by atoms with E-state index in [1.54, 1.807) is 12.1 Å². The minimum atomic E-state index is -0.115. The molecule has 0 atom stereocenters. The summed E-state index contributed by atoms with van der Waals surface area (Å²) in [6.45, 7) is 7.67. The second-order valence-corrected chi connectivity index (χ2v) is 6.22. The molecule has 1 aromatic rings.